The van der Waals surface area contributed by atoms with Gasteiger partial charge in [0.2, 0.25) is 0 Å². The molecule has 4 aromatic carbocycles. The van der Waals surface area contributed by atoms with Crippen LogP contribution in [0.3, 0.4) is 0 Å². The fourth-order valence-corrected chi connectivity index (χ4v) is 8.11. The first kappa shape index (κ1) is 31.5. The largest absolute Gasteiger partial charge is 0.378 e. The predicted octanol–water partition coefficient (Wildman–Crippen LogP) is 7.17. The van der Waals surface area contributed by atoms with Crippen LogP contribution in [0.1, 0.15) is 36.1 Å². The summed E-state index contributed by atoms with van der Waals surface area (Å²) >= 11 is 1.43. The number of benzene rings is 4. The van der Waals surface area contributed by atoms with Crippen LogP contribution in [0, 0.1) is 6.92 Å². The predicted molar refractivity (Wildman–Crippen MR) is 188 cm³/mol. The van der Waals surface area contributed by atoms with Crippen molar-refractivity contribution in [3.05, 3.63) is 113 Å². The van der Waals surface area contributed by atoms with Gasteiger partial charge in [-0.1, -0.05) is 59.8 Å². The summed E-state index contributed by atoms with van der Waals surface area (Å²) in [6.07, 6.45) is 0. The van der Waals surface area contributed by atoms with Crippen molar-refractivity contribution in [1.29, 1.82) is 0 Å². The summed E-state index contributed by atoms with van der Waals surface area (Å²) in [6.45, 7) is 7.92. The van der Waals surface area contributed by atoms with Gasteiger partial charge < -0.3 is 20.0 Å². The molecule has 5 rings (SSSR count). The van der Waals surface area contributed by atoms with Crippen LogP contribution in [-0.4, -0.2) is 54.9 Å². The molecule has 1 aliphatic rings. The van der Waals surface area contributed by atoms with Crippen molar-refractivity contribution in [1.82, 2.24) is 0 Å². The molecule has 230 valence electrons. The van der Waals surface area contributed by atoms with E-state index in [1.165, 1.54) is 11.8 Å². The number of rotatable bonds is 9. The summed E-state index contributed by atoms with van der Waals surface area (Å²) in [5.41, 5.74) is 8.15. The van der Waals surface area contributed by atoms with Crippen molar-refractivity contribution >= 4 is 49.7 Å². The van der Waals surface area contributed by atoms with E-state index in [-0.39, 0.29) is 4.90 Å². The lowest BCUT2D eigenvalue weighted by Gasteiger charge is -2.41. The maximum Gasteiger partial charge on any atom is 0.284 e. The number of hydrogen-bond acceptors (Lipinski definition) is 6. The molecule has 1 N–H and O–H groups in total. The number of hydrogen-bond donors (Lipinski definition) is 1. The molecule has 1 heterocycles. The van der Waals surface area contributed by atoms with E-state index in [0.29, 0.717) is 5.17 Å². The van der Waals surface area contributed by atoms with Crippen LogP contribution in [0.5, 0.6) is 0 Å². The molecular formula is C35H41N5O2S2. The van der Waals surface area contributed by atoms with Gasteiger partial charge in [-0.3, -0.25) is 0 Å². The minimum absolute atomic E-state index is 0.164. The average molecular weight is 628 g/mol. The standard InChI is InChI=1S/C35H41N5O2S2/c1-8-40(9-2)30-20-23-32-33(24-30)36-34(37-44(41,42)31-21-10-25(3)11-22-31)43-35(32,26-12-16-28(17-13-26)38(4)5)27-14-18-29(19-15-27)39(6)7/h10-24H,8-9H2,1-7H3,(H,36,37). The number of fused-ring (bicyclic) bond motifs is 1. The number of thioether (sulfide) groups is 1. The number of anilines is 4. The van der Waals surface area contributed by atoms with Gasteiger partial charge in [0.15, 0.2) is 5.17 Å². The molecule has 0 amide bonds. The zero-order chi connectivity index (χ0) is 31.6. The normalized spacial score (nSPS) is 14.9. The molecule has 4 aromatic rings. The Morgan fingerprint density at radius 2 is 1.23 bits per heavy atom. The second-order valence-corrected chi connectivity index (χ2v) is 14.2. The first-order chi connectivity index (χ1) is 21.0. The topological polar surface area (TPSA) is 68.2 Å². The van der Waals surface area contributed by atoms with Crippen molar-refractivity contribution in [2.24, 2.45) is 4.40 Å². The summed E-state index contributed by atoms with van der Waals surface area (Å²) in [4.78, 5) is 6.59. The fourth-order valence-electron chi connectivity index (χ4n) is 5.57. The summed E-state index contributed by atoms with van der Waals surface area (Å²) in [5, 5.41) is 3.74. The first-order valence-electron chi connectivity index (χ1n) is 14.8. The van der Waals surface area contributed by atoms with Crippen LogP contribution in [0.2, 0.25) is 0 Å². The molecule has 0 spiro atoms. The number of sulfonamides is 1. The van der Waals surface area contributed by atoms with Gasteiger partial charge in [0.05, 0.1) is 4.90 Å². The zero-order valence-electron chi connectivity index (χ0n) is 26.5. The summed E-state index contributed by atoms with van der Waals surface area (Å²) in [7, 11) is 4.11. The third-order valence-electron chi connectivity index (χ3n) is 8.10. The number of nitrogens with one attached hydrogen (secondary N) is 1. The highest BCUT2D eigenvalue weighted by Crippen LogP contribution is 2.55. The second kappa shape index (κ2) is 12.6. The summed E-state index contributed by atoms with van der Waals surface area (Å²) < 4.78 is 31.0. The highest BCUT2D eigenvalue weighted by atomic mass is 32.2. The van der Waals surface area contributed by atoms with Crippen LogP contribution < -0.4 is 20.0 Å². The first-order valence-corrected chi connectivity index (χ1v) is 17.1. The van der Waals surface area contributed by atoms with E-state index in [4.69, 9.17) is 0 Å². The fraction of sp³-hybridized carbons (Fsp3) is 0.286. The number of aryl methyl sites for hydroxylation is 1. The molecule has 0 saturated carbocycles. The molecule has 0 unspecified atom stereocenters. The Morgan fingerprint density at radius 3 is 1.70 bits per heavy atom. The lowest BCUT2D eigenvalue weighted by Crippen LogP contribution is -2.35. The quantitative estimate of drug-likeness (QED) is 0.211. The Bertz CT molecular complexity index is 1690. The van der Waals surface area contributed by atoms with E-state index in [9.17, 15) is 8.42 Å². The second-order valence-electron chi connectivity index (χ2n) is 11.4. The van der Waals surface area contributed by atoms with Gasteiger partial charge in [0, 0.05) is 69.6 Å². The lowest BCUT2D eigenvalue weighted by molar-refractivity contribution is 0.598. The molecule has 0 aromatic heterocycles. The highest BCUT2D eigenvalue weighted by Gasteiger charge is 2.44. The van der Waals surface area contributed by atoms with Gasteiger partial charge >= 0.3 is 0 Å². The van der Waals surface area contributed by atoms with Crippen molar-refractivity contribution in [3.8, 4) is 0 Å². The highest BCUT2D eigenvalue weighted by molar-refractivity contribution is 8.16. The van der Waals surface area contributed by atoms with Crippen LogP contribution in [-0.2, 0) is 14.8 Å². The van der Waals surface area contributed by atoms with E-state index in [2.05, 4.69) is 105 Å². The lowest BCUT2D eigenvalue weighted by atomic mass is 9.82. The van der Waals surface area contributed by atoms with Gasteiger partial charge in [0.1, 0.15) is 4.75 Å². The average Bonchev–Trinajstić information content (AvgIpc) is 3.01. The molecule has 0 atom stereocenters. The Hall–Kier alpha value is -3.95. The van der Waals surface area contributed by atoms with E-state index in [1.54, 1.807) is 24.3 Å². The van der Waals surface area contributed by atoms with E-state index in [0.717, 1.165) is 58.1 Å². The van der Waals surface area contributed by atoms with Crippen LogP contribution in [0.15, 0.2) is 100 Å². The Morgan fingerprint density at radius 1 is 0.727 bits per heavy atom. The molecule has 0 bridgehead atoms. The third-order valence-corrected chi connectivity index (χ3v) is 10.9. The van der Waals surface area contributed by atoms with Crippen LogP contribution >= 0.6 is 11.8 Å². The van der Waals surface area contributed by atoms with Gasteiger partial charge in [-0.2, -0.15) is 8.42 Å². The maximum absolute atomic E-state index is 13.7. The van der Waals surface area contributed by atoms with Gasteiger partial charge in [-0.25, -0.2) is 0 Å². The van der Waals surface area contributed by atoms with Crippen molar-refractivity contribution in [2.45, 2.75) is 30.4 Å². The van der Waals surface area contributed by atoms with Crippen LogP contribution in [0.4, 0.5) is 22.7 Å². The van der Waals surface area contributed by atoms with Crippen molar-refractivity contribution < 1.29 is 8.42 Å². The molecule has 0 aliphatic carbocycles. The van der Waals surface area contributed by atoms with E-state index >= 15 is 0 Å². The summed E-state index contributed by atoms with van der Waals surface area (Å²) in [5.74, 6) is 0. The van der Waals surface area contributed by atoms with Gasteiger partial charge in [0.25, 0.3) is 10.0 Å². The molecule has 44 heavy (non-hydrogen) atoms. The smallest absolute Gasteiger partial charge is 0.284 e. The number of nitrogens with zero attached hydrogens (tertiary/aromatic N) is 4. The zero-order valence-corrected chi connectivity index (χ0v) is 28.1. The molecule has 7 nitrogen and oxygen atoms in total. The van der Waals surface area contributed by atoms with Crippen molar-refractivity contribution in [3.63, 3.8) is 0 Å². The third kappa shape index (κ3) is 6.03. The molecule has 0 radical (unpaired) electrons. The molecular weight excluding hydrogens is 587 g/mol. The Kier molecular flexibility index (Phi) is 9.00. The molecule has 0 saturated heterocycles. The Labute approximate surface area is 266 Å². The van der Waals surface area contributed by atoms with Crippen molar-refractivity contribution in [2.75, 3.05) is 61.3 Å². The van der Waals surface area contributed by atoms with Gasteiger partial charge in [-0.05, 0) is 80.4 Å². The molecule has 0 fully saturated rings. The molecule has 9 heteroatoms. The number of amidine groups is 1. The van der Waals surface area contributed by atoms with Gasteiger partial charge in [-0.15, -0.1) is 4.40 Å². The Balaban J connectivity index is 1.78. The molecule has 1 aliphatic heterocycles. The van der Waals surface area contributed by atoms with E-state index in [1.807, 2.05) is 35.1 Å². The monoisotopic (exact) mass is 627 g/mol. The van der Waals surface area contributed by atoms with Crippen LogP contribution in [0.25, 0.3) is 0 Å². The van der Waals surface area contributed by atoms with E-state index < -0.39 is 14.8 Å². The maximum atomic E-state index is 13.7. The summed E-state index contributed by atoms with van der Waals surface area (Å²) in [6, 6.07) is 30.3. The SMILES string of the molecule is CCN(CC)c1ccc2c(c1)N/C(=N\S(=O)(=O)c1ccc(C)cc1)SC2(c1ccc(N(C)C)cc1)c1ccc(N(C)C)cc1. The minimum atomic E-state index is -3.98. The minimum Gasteiger partial charge on any atom is -0.378 e.